The molecule has 13 nitrogen and oxygen atoms in total. The van der Waals surface area contributed by atoms with Crippen LogP contribution in [0.4, 0.5) is 0 Å². The molecular formula is C55H103NO12S. The van der Waals surface area contributed by atoms with E-state index in [0.717, 1.165) is 64.2 Å². The molecule has 0 bridgehead atoms. The van der Waals surface area contributed by atoms with Crippen LogP contribution in [0.25, 0.3) is 0 Å². The number of nitrogens with one attached hydrogen (secondary N) is 1. The molecule has 8 atom stereocenters. The van der Waals surface area contributed by atoms with E-state index >= 15 is 0 Å². The lowest BCUT2D eigenvalue weighted by atomic mass is 9.99. The topological polar surface area (TPSA) is 212 Å². The van der Waals surface area contributed by atoms with Crippen LogP contribution >= 0.6 is 0 Å². The average molecular weight is 1000 g/mol. The largest absolute Gasteiger partial charge is 0.397 e. The van der Waals surface area contributed by atoms with Crippen molar-refractivity contribution in [3.8, 4) is 0 Å². The van der Waals surface area contributed by atoms with Crippen LogP contribution in [0.5, 0.6) is 0 Å². The van der Waals surface area contributed by atoms with E-state index < -0.39 is 78.5 Å². The average Bonchev–Trinajstić information content (AvgIpc) is 3.32. The molecule has 0 aliphatic carbocycles. The molecule has 1 aliphatic heterocycles. The van der Waals surface area contributed by atoms with Crippen molar-refractivity contribution in [3.63, 3.8) is 0 Å². The van der Waals surface area contributed by atoms with Crippen LogP contribution in [-0.2, 0) is 28.9 Å². The van der Waals surface area contributed by atoms with Gasteiger partial charge in [0.15, 0.2) is 6.29 Å². The minimum atomic E-state index is -5.13. The summed E-state index contributed by atoms with van der Waals surface area (Å²) in [5.74, 6) is -0.715. The molecule has 0 aromatic heterocycles. The van der Waals surface area contributed by atoms with E-state index in [9.17, 15) is 43.3 Å². The zero-order valence-corrected chi connectivity index (χ0v) is 44.3. The Hall–Kier alpha value is -1.72. The molecule has 0 aromatic carbocycles. The van der Waals surface area contributed by atoms with Crippen LogP contribution in [-0.4, -0.2) is 107 Å². The Balaban J connectivity index is 2.49. The number of aliphatic hydroxyl groups is 5. The lowest BCUT2D eigenvalue weighted by Crippen LogP contribution is -2.61. The van der Waals surface area contributed by atoms with Gasteiger partial charge in [-0.15, -0.1) is 0 Å². The van der Waals surface area contributed by atoms with E-state index in [1.54, 1.807) is 6.08 Å². The van der Waals surface area contributed by atoms with E-state index in [-0.39, 0.29) is 6.42 Å². The molecular weight excluding hydrogens is 899 g/mol. The summed E-state index contributed by atoms with van der Waals surface area (Å²) in [6.45, 7) is 3.24. The van der Waals surface area contributed by atoms with Gasteiger partial charge in [-0.05, 0) is 57.8 Å². The molecule has 406 valence electrons. The van der Waals surface area contributed by atoms with Crippen LogP contribution in [0.2, 0.25) is 0 Å². The Morgan fingerprint density at radius 1 is 0.580 bits per heavy atom. The highest BCUT2D eigenvalue weighted by atomic mass is 32.3. The standard InChI is InChI=1S/C55H103NO12S/c1-3-5-7-9-11-13-15-17-19-21-23-24-26-27-29-31-33-35-37-39-41-43-48(58)47(46-66-55-52(61)53(68-69(63,64)65)51(60)50(45-57)67-55)56-54(62)49(59)44-42-40-38-36-34-32-30-28-25-22-20-18-16-14-12-10-8-6-4-2/h25,28,33,35,41,43,47-53,55,57-61H,3-24,26-27,29-32,34,36-40,42,44-46H2,1-2H3,(H,56,62)(H,63,64,65)/b28-25-,35-33+,43-41+. The summed E-state index contributed by atoms with van der Waals surface area (Å²) in [6, 6.07) is -1.14. The third-order valence-corrected chi connectivity index (χ3v) is 13.7. The van der Waals surface area contributed by atoms with Crippen molar-refractivity contribution in [2.75, 3.05) is 13.2 Å². The third-order valence-electron chi connectivity index (χ3n) is 13.3. The molecule has 14 heteroatoms. The summed E-state index contributed by atoms with van der Waals surface area (Å²) in [5.41, 5.74) is 0. The van der Waals surface area contributed by atoms with Gasteiger partial charge in [0.2, 0.25) is 5.91 Å². The Morgan fingerprint density at radius 3 is 1.39 bits per heavy atom. The Kier molecular flexibility index (Phi) is 42.5. The van der Waals surface area contributed by atoms with Crippen molar-refractivity contribution in [2.24, 2.45) is 0 Å². The van der Waals surface area contributed by atoms with Gasteiger partial charge >= 0.3 is 10.4 Å². The van der Waals surface area contributed by atoms with Gasteiger partial charge in [0.1, 0.15) is 30.5 Å². The Morgan fingerprint density at radius 2 is 0.971 bits per heavy atom. The van der Waals surface area contributed by atoms with Crippen LogP contribution in [0.15, 0.2) is 36.5 Å². The summed E-state index contributed by atoms with van der Waals surface area (Å²) in [7, 11) is -5.13. The minimum absolute atomic E-state index is 0.230. The Bertz CT molecular complexity index is 1380. The van der Waals surface area contributed by atoms with E-state index in [4.69, 9.17) is 9.47 Å². The fraction of sp³-hybridized carbons (Fsp3) is 0.873. The van der Waals surface area contributed by atoms with Gasteiger partial charge in [-0.3, -0.25) is 9.35 Å². The van der Waals surface area contributed by atoms with Gasteiger partial charge in [-0.2, -0.15) is 8.42 Å². The van der Waals surface area contributed by atoms with Crippen LogP contribution in [0, 0.1) is 0 Å². The quantitative estimate of drug-likeness (QED) is 0.0172. The van der Waals surface area contributed by atoms with Crippen LogP contribution in [0.3, 0.4) is 0 Å². The first-order chi connectivity index (χ1) is 33.4. The normalized spacial score (nSPS) is 20.4. The second-order valence-corrected chi connectivity index (χ2v) is 20.7. The van der Waals surface area contributed by atoms with Crippen molar-refractivity contribution >= 4 is 16.3 Å². The molecule has 1 amide bonds. The molecule has 1 aliphatic rings. The smallest absolute Gasteiger partial charge is 0.394 e. The van der Waals surface area contributed by atoms with Crippen LogP contribution in [0.1, 0.15) is 245 Å². The number of amides is 1. The van der Waals surface area contributed by atoms with Crippen molar-refractivity contribution in [2.45, 2.75) is 294 Å². The summed E-state index contributed by atoms with van der Waals surface area (Å²) < 4.78 is 47.7. The number of allylic oxidation sites excluding steroid dienone is 5. The molecule has 69 heavy (non-hydrogen) atoms. The number of aliphatic hydroxyl groups excluding tert-OH is 5. The molecule has 0 saturated carbocycles. The van der Waals surface area contributed by atoms with Crippen molar-refractivity contribution in [3.05, 3.63) is 36.5 Å². The predicted molar refractivity (Wildman–Crippen MR) is 279 cm³/mol. The highest BCUT2D eigenvalue weighted by Crippen LogP contribution is 2.26. The summed E-state index contributed by atoms with van der Waals surface area (Å²) in [5, 5.41) is 55.5. The van der Waals surface area contributed by atoms with E-state index in [0.29, 0.717) is 12.8 Å². The van der Waals surface area contributed by atoms with E-state index in [1.165, 1.54) is 154 Å². The maximum absolute atomic E-state index is 13.2. The molecule has 7 N–H and O–H groups in total. The first-order valence-electron chi connectivity index (χ1n) is 28.0. The summed E-state index contributed by atoms with van der Waals surface area (Å²) in [6.07, 6.45) is 43.7. The van der Waals surface area contributed by atoms with E-state index in [2.05, 4.69) is 47.7 Å². The SMILES string of the molecule is CCCCCCCCCCC/C=C\CCCCCCCCC(O)C(=O)NC(COC1OC(CO)C(O)C(OS(=O)(=O)O)C1O)C(O)/C=C/CC/C=C/CCCCCCCCCCCCCCCCC. The van der Waals surface area contributed by atoms with Crippen molar-refractivity contribution < 1.29 is 57.0 Å². The summed E-state index contributed by atoms with van der Waals surface area (Å²) >= 11 is 0. The molecule has 1 saturated heterocycles. The summed E-state index contributed by atoms with van der Waals surface area (Å²) in [4.78, 5) is 13.2. The lowest BCUT2D eigenvalue weighted by Gasteiger charge is -2.41. The molecule has 0 radical (unpaired) electrons. The number of carbonyl (C=O) groups is 1. The van der Waals surface area contributed by atoms with Crippen LogP contribution < -0.4 is 5.32 Å². The zero-order valence-electron chi connectivity index (χ0n) is 43.5. The molecule has 0 spiro atoms. The third kappa shape index (κ3) is 36.8. The van der Waals surface area contributed by atoms with Gasteiger partial charge in [0, 0.05) is 0 Å². The minimum Gasteiger partial charge on any atom is -0.394 e. The van der Waals surface area contributed by atoms with Gasteiger partial charge in [0.05, 0.1) is 25.4 Å². The van der Waals surface area contributed by atoms with Gasteiger partial charge in [0.25, 0.3) is 0 Å². The maximum Gasteiger partial charge on any atom is 0.397 e. The highest BCUT2D eigenvalue weighted by molar-refractivity contribution is 7.80. The van der Waals surface area contributed by atoms with Crippen molar-refractivity contribution in [1.29, 1.82) is 0 Å². The fourth-order valence-corrected chi connectivity index (χ4v) is 9.33. The molecule has 8 unspecified atom stereocenters. The fourth-order valence-electron chi connectivity index (χ4n) is 8.83. The molecule has 1 rings (SSSR count). The second-order valence-electron chi connectivity index (χ2n) is 19.7. The molecule has 1 heterocycles. The molecule has 1 fully saturated rings. The van der Waals surface area contributed by atoms with Gasteiger partial charge in [-0.25, -0.2) is 4.18 Å². The maximum atomic E-state index is 13.2. The highest BCUT2D eigenvalue weighted by Gasteiger charge is 2.48. The number of unbranched alkanes of at least 4 members (excludes halogenated alkanes) is 31. The number of hydrogen-bond donors (Lipinski definition) is 7. The first kappa shape index (κ1) is 65.3. The van der Waals surface area contributed by atoms with Gasteiger partial charge in [-0.1, -0.05) is 224 Å². The predicted octanol–water partition coefficient (Wildman–Crippen LogP) is 11.6. The molecule has 0 aromatic rings. The van der Waals surface area contributed by atoms with E-state index in [1.807, 2.05) is 0 Å². The second kappa shape index (κ2) is 44.9. The number of hydrogen-bond acceptors (Lipinski definition) is 11. The van der Waals surface area contributed by atoms with Gasteiger partial charge < -0.3 is 40.3 Å². The number of rotatable bonds is 48. The zero-order chi connectivity index (χ0) is 50.6. The monoisotopic (exact) mass is 1000 g/mol. The first-order valence-corrected chi connectivity index (χ1v) is 29.3. The number of ether oxygens (including phenoxy) is 2. The Labute approximate surface area is 420 Å². The van der Waals surface area contributed by atoms with Crippen molar-refractivity contribution in [1.82, 2.24) is 5.32 Å². The lowest BCUT2D eigenvalue weighted by molar-refractivity contribution is -0.298. The number of carbonyl (C=O) groups excluding carboxylic acids is 1.